The van der Waals surface area contributed by atoms with Gasteiger partial charge in [-0.3, -0.25) is 32.5 Å². The van der Waals surface area contributed by atoms with Gasteiger partial charge in [0, 0.05) is 19.3 Å². The first kappa shape index (κ1) is 114. The van der Waals surface area contributed by atoms with E-state index < -0.39 is 91.5 Å². The number of rotatable bonds is 89. The van der Waals surface area contributed by atoms with E-state index in [-0.39, 0.29) is 19.3 Å². The highest BCUT2D eigenvalue weighted by Gasteiger charge is 2.30. The van der Waals surface area contributed by atoms with Crippen LogP contribution >= 0.6 is 15.6 Å². The molecule has 0 fully saturated rings. The molecule has 0 aliphatic rings. The van der Waals surface area contributed by atoms with Gasteiger partial charge in [-0.05, 0) is 154 Å². The average Bonchev–Trinajstić information content (AvgIpc) is 0.912. The molecule has 0 bridgehead atoms. The number of phosphoric acid groups is 2. The van der Waals surface area contributed by atoms with Crippen LogP contribution in [0.5, 0.6) is 0 Å². The summed E-state index contributed by atoms with van der Waals surface area (Å²) in [4.78, 5) is 59.0. The maximum Gasteiger partial charge on any atom is 0.472 e. The lowest BCUT2D eigenvalue weighted by Gasteiger charge is -2.21. The van der Waals surface area contributed by atoms with Crippen LogP contribution in [0.25, 0.3) is 0 Å². The largest absolute Gasteiger partial charge is 0.472 e. The van der Waals surface area contributed by atoms with E-state index in [0.717, 1.165) is 180 Å². The van der Waals surface area contributed by atoms with Crippen molar-refractivity contribution in [1.82, 2.24) is 0 Å². The molecule has 0 radical (unpaired) electrons. The molecule has 119 heavy (non-hydrogen) atoms. The average molecular weight is 1700 g/mol. The molecule has 18 heteroatoms. The number of phosphoric ester groups is 2. The van der Waals surface area contributed by atoms with Crippen molar-refractivity contribution in [2.75, 3.05) is 39.6 Å². The molecule has 0 aromatic carbocycles. The van der Waals surface area contributed by atoms with E-state index in [1.54, 1.807) is 0 Å². The molecule has 0 saturated carbocycles. The van der Waals surface area contributed by atoms with E-state index in [1.807, 2.05) is 0 Å². The fourth-order valence-electron chi connectivity index (χ4n) is 12.8. The topological polar surface area (TPSA) is 231 Å². The summed E-state index contributed by atoms with van der Waals surface area (Å²) in [6, 6.07) is 0. The number of hydrogen-bond acceptors (Lipinski definition) is 14. The van der Waals surface area contributed by atoms with Gasteiger partial charge in [0.2, 0.25) is 0 Å². The molecule has 0 spiro atoms. The van der Waals surface area contributed by atoms with Gasteiger partial charge in [0.15, 0.2) is 6.10 Å². The zero-order valence-corrected chi connectivity index (χ0v) is 77.0. The Balaban J connectivity index is 4.55. The van der Waals surface area contributed by atoms with E-state index in [0.29, 0.717) is 19.3 Å². The predicted molar refractivity (Wildman–Crippen MR) is 500 cm³/mol. The maximum absolute atomic E-state index is 13.1. The Kier molecular flexibility index (Phi) is 88.2. The number of esters is 3. The molecular formula is C101H172O16P2. The number of carbonyl (C=O) groups excluding carboxylic acids is 3. The van der Waals surface area contributed by atoms with Crippen LogP contribution in [0.3, 0.4) is 0 Å². The molecule has 0 aromatic heterocycles. The molecule has 5 unspecified atom stereocenters. The highest BCUT2D eigenvalue weighted by Crippen LogP contribution is 2.45. The monoisotopic (exact) mass is 1700 g/mol. The van der Waals surface area contributed by atoms with Gasteiger partial charge in [0.1, 0.15) is 25.4 Å². The van der Waals surface area contributed by atoms with Gasteiger partial charge in [-0.25, -0.2) is 9.13 Å². The van der Waals surface area contributed by atoms with Crippen molar-refractivity contribution in [2.45, 2.75) is 411 Å². The molecule has 0 aliphatic heterocycles. The minimum atomic E-state index is -4.95. The standard InChI is InChI=1S/C101H172O16P2/c1-4-7-10-13-16-19-22-25-28-31-34-37-40-42-43-44-45-46-47-48-49-50-51-53-56-57-60-63-66-69-72-75-78-81-84-87-99(104)111-90-96(102)91-113-118(107,108)114-92-97(103)93-115-119(109,110)116-95-98(117-101(106)89-86-83-80-77-74-71-68-65-62-59-54-39-36-33-30-27-24-21-18-15-12-9-6-3)94-112-100(105)88-85-82-79-76-73-70-67-64-61-58-55-52-41-38-35-32-29-26-23-20-17-14-11-8-5-2/h7-8,10-11,16-21,25-30,34-39,42-43,52,55,59,62,96-98,102-103H,4-6,9,12-15,22-24,31-33,40-41,44-51,53-54,56-58,60-61,63-95H2,1-3H3,(H,107,108)(H,109,110)/b10-7-,11-8-,19-16-,20-17-,21-18-,28-25-,29-26-,30-27-,37-34-,38-35-,39-36-,43-42-,55-52-,62-59-. The van der Waals surface area contributed by atoms with Crippen molar-refractivity contribution >= 4 is 33.6 Å². The first-order valence-corrected chi connectivity index (χ1v) is 50.4. The first-order chi connectivity index (χ1) is 58.2. The summed E-state index contributed by atoms with van der Waals surface area (Å²) in [5, 5.41) is 20.8. The summed E-state index contributed by atoms with van der Waals surface area (Å²) < 4.78 is 61.5. The maximum atomic E-state index is 13.1. The quantitative estimate of drug-likeness (QED) is 0.0146. The third-order valence-electron chi connectivity index (χ3n) is 19.9. The Labute approximate surface area is 726 Å². The number of unbranched alkanes of at least 4 members (excludes halogenated alkanes) is 38. The molecule has 0 heterocycles. The zero-order chi connectivity index (χ0) is 86.5. The van der Waals surface area contributed by atoms with Crippen LogP contribution in [-0.2, 0) is 55.8 Å². The molecule has 682 valence electrons. The second-order valence-electron chi connectivity index (χ2n) is 31.4. The Morgan fingerprint density at radius 3 is 0.706 bits per heavy atom. The lowest BCUT2D eigenvalue weighted by Crippen LogP contribution is -2.30. The van der Waals surface area contributed by atoms with Gasteiger partial charge in [-0.2, -0.15) is 0 Å². The molecule has 5 atom stereocenters. The van der Waals surface area contributed by atoms with Crippen molar-refractivity contribution in [3.05, 3.63) is 170 Å². The minimum absolute atomic E-state index is 0.0868. The molecular weight excluding hydrogens is 1530 g/mol. The van der Waals surface area contributed by atoms with Gasteiger partial charge in [0.25, 0.3) is 0 Å². The van der Waals surface area contributed by atoms with Gasteiger partial charge >= 0.3 is 33.6 Å². The number of aliphatic hydroxyl groups excluding tert-OH is 2. The summed E-state index contributed by atoms with van der Waals surface area (Å²) in [5.74, 6) is -1.59. The Morgan fingerprint density at radius 2 is 0.445 bits per heavy atom. The summed E-state index contributed by atoms with van der Waals surface area (Å²) in [6.45, 7) is 2.46. The fourth-order valence-corrected chi connectivity index (χ4v) is 14.4. The molecule has 0 saturated heterocycles. The van der Waals surface area contributed by atoms with Crippen LogP contribution in [0, 0.1) is 0 Å². The van der Waals surface area contributed by atoms with Crippen LogP contribution < -0.4 is 0 Å². The van der Waals surface area contributed by atoms with Crippen LogP contribution in [0.15, 0.2) is 170 Å². The van der Waals surface area contributed by atoms with Crippen LogP contribution in [0.4, 0.5) is 0 Å². The van der Waals surface area contributed by atoms with Gasteiger partial charge in [0.05, 0.1) is 26.4 Å². The van der Waals surface area contributed by atoms with Crippen molar-refractivity contribution in [1.29, 1.82) is 0 Å². The lowest BCUT2D eigenvalue weighted by molar-refractivity contribution is -0.161. The van der Waals surface area contributed by atoms with Crippen molar-refractivity contribution in [3.8, 4) is 0 Å². The van der Waals surface area contributed by atoms with Gasteiger partial charge in [-0.15, -0.1) is 0 Å². The fraction of sp³-hybridized carbons (Fsp3) is 0.693. The minimum Gasteiger partial charge on any atom is -0.463 e. The second-order valence-corrected chi connectivity index (χ2v) is 34.3. The summed E-state index contributed by atoms with van der Waals surface area (Å²) in [7, 11) is -9.82. The Hall–Kier alpha value is -5.09. The van der Waals surface area contributed by atoms with Gasteiger partial charge in [-0.1, -0.05) is 390 Å². The van der Waals surface area contributed by atoms with Crippen molar-refractivity contribution < 1.29 is 75.8 Å². The van der Waals surface area contributed by atoms with E-state index in [2.05, 4.69) is 191 Å². The molecule has 0 rings (SSSR count). The van der Waals surface area contributed by atoms with E-state index >= 15 is 0 Å². The highest BCUT2D eigenvalue weighted by atomic mass is 31.2. The second kappa shape index (κ2) is 92.1. The van der Waals surface area contributed by atoms with Crippen molar-refractivity contribution in [2.24, 2.45) is 0 Å². The summed E-state index contributed by atoms with van der Waals surface area (Å²) >= 11 is 0. The highest BCUT2D eigenvalue weighted by molar-refractivity contribution is 7.47. The number of carbonyl (C=O) groups is 3. The predicted octanol–water partition coefficient (Wildman–Crippen LogP) is 29.4. The smallest absolute Gasteiger partial charge is 0.463 e. The lowest BCUT2D eigenvalue weighted by atomic mass is 10.0. The summed E-state index contributed by atoms with van der Waals surface area (Å²) in [5.41, 5.74) is 0. The summed E-state index contributed by atoms with van der Waals surface area (Å²) in [6.07, 6.45) is 120. The molecule has 0 amide bonds. The number of aliphatic hydroxyl groups is 2. The van der Waals surface area contributed by atoms with E-state index in [9.17, 15) is 43.5 Å². The SMILES string of the molecule is CC/C=C\C/C=C\C/C=C\C/C=C\C/C=C\CCCCCCCCCCCCCCCCCCCCCC(=O)OCC(O)COP(=O)(O)OCC(O)COP(=O)(O)OCC(COC(=O)CCCCCCCCCCC/C=C\C/C=C\C/C=C\C/C=C\C/C=C\CC)OC(=O)CCCCCCCCC/C=C\C/C=C\C/C=C\C/C=C\CCCCC. The molecule has 16 nitrogen and oxygen atoms in total. The van der Waals surface area contributed by atoms with Crippen LogP contribution in [0.1, 0.15) is 393 Å². The molecule has 0 aromatic rings. The normalized spacial score (nSPS) is 14.5. The molecule has 4 N–H and O–H groups in total. The number of allylic oxidation sites excluding steroid dienone is 28. The van der Waals surface area contributed by atoms with E-state index in [1.165, 1.54) is 154 Å². The number of hydrogen-bond donors (Lipinski definition) is 4. The third-order valence-corrected chi connectivity index (χ3v) is 21.8. The van der Waals surface area contributed by atoms with E-state index in [4.69, 9.17) is 32.3 Å². The Bertz CT molecular complexity index is 2840. The first-order valence-electron chi connectivity index (χ1n) is 47.4. The zero-order valence-electron chi connectivity index (χ0n) is 75.2. The van der Waals surface area contributed by atoms with Crippen molar-refractivity contribution in [3.63, 3.8) is 0 Å². The third kappa shape index (κ3) is 93.5. The van der Waals surface area contributed by atoms with Gasteiger partial charge < -0.3 is 34.2 Å². The van der Waals surface area contributed by atoms with Crippen LogP contribution in [-0.4, -0.2) is 95.9 Å². The molecule has 0 aliphatic carbocycles. The number of ether oxygens (including phenoxy) is 3. The van der Waals surface area contributed by atoms with Crippen LogP contribution in [0.2, 0.25) is 0 Å². The Morgan fingerprint density at radius 1 is 0.244 bits per heavy atom.